The molecule has 0 aromatic heterocycles. The fraction of sp³-hybridized carbons (Fsp3) is 1.00. The molecule has 2 heteroatoms. The Kier molecular flexibility index (Phi) is 16.4. The molecular weight excluding hydrogens is 214 g/mol. The van der Waals surface area contributed by atoms with Gasteiger partial charge in [0.1, 0.15) is 0 Å². The molecular formula is C4H10OSm. The summed E-state index contributed by atoms with van der Waals surface area (Å²) in [6, 6.07) is 0. The molecule has 0 radical (unpaired) electrons. The van der Waals surface area contributed by atoms with Crippen molar-refractivity contribution < 1.29 is 45.5 Å². The summed E-state index contributed by atoms with van der Waals surface area (Å²) in [5.41, 5.74) is 0. The number of aliphatic hydroxyl groups is 1. The Morgan fingerprint density at radius 2 is 2.00 bits per heavy atom. The van der Waals surface area contributed by atoms with Crippen molar-refractivity contribution in [1.82, 2.24) is 0 Å². The standard InChI is InChI=1S/C4H10O.Sm/c1-2-3-4-5;/h5H,2-4H2,1H3;. The Labute approximate surface area is 71.2 Å². The predicted molar refractivity (Wildman–Crippen MR) is 22.0 cm³/mol. The molecule has 0 heterocycles. The minimum Gasteiger partial charge on any atom is -0.396 e. The van der Waals surface area contributed by atoms with E-state index in [0.29, 0.717) is 6.61 Å². The summed E-state index contributed by atoms with van der Waals surface area (Å²) in [6.07, 6.45) is 2.04. The molecule has 0 fully saturated rings. The summed E-state index contributed by atoms with van der Waals surface area (Å²) >= 11 is 0. The van der Waals surface area contributed by atoms with Gasteiger partial charge in [-0.3, -0.25) is 0 Å². The van der Waals surface area contributed by atoms with Gasteiger partial charge >= 0.3 is 0 Å². The molecule has 1 nitrogen and oxygen atoms in total. The Balaban J connectivity index is 0. The van der Waals surface area contributed by atoms with E-state index >= 15 is 0 Å². The van der Waals surface area contributed by atoms with Crippen molar-refractivity contribution in [2.75, 3.05) is 6.61 Å². The SMILES string of the molecule is CCCCO.[Sm]. The van der Waals surface area contributed by atoms with E-state index in [2.05, 4.69) is 6.92 Å². The Hall–Kier alpha value is 1.30. The van der Waals surface area contributed by atoms with E-state index in [4.69, 9.17) is 5.11 Å². The first-order chi connectivity index (χ1) is 2.41. The molecule has 0 aromatic rings. The van der Waals surface area contributed by atoms with Gasteiger partial charge < -0.3 is 5.11 Å². The zero-order valence-electron chi connectivity index (χ0n) is 3.98. The van der Waals surface area contributed by atoms with Crippen LogP contribution in [0.3, 0.4) is 0 Å². The zero-order valence-corrected chi connectivity index (χ0v) is 6.60. The minimum absolute atomic E-state index is 0. The number of rotatable bonds is 2. The van der Waals surface area contributed by atoms with Gasteiger partial charge in [0, 0.05) is 47.0 Å². The topological polar surface area (TPSA) is 20.2 Å². The smallest absolute Gasteiger partial charge is 0.0430 e. The van der Waals surface area contributed by atoms with Crippen LogP contribution < -0.4 is 0 Å². The molecule has 0 aliphatic heterocycles. The van der Waals surface area contributed by atoms with E-state index < -0.39 is 0 Å². The van der Waals surface area contributed by atoms with Crippen LogP contribution in [0, 0.1) is 40.4 Å². The second-order valence-electron chi connectivity index (χ2n) is 1.08. The maximum Gasteiger partial charge on any atom is 0.0430 e. The van der Waals surface area contributed by atoms with Gasteiger partial charge in [-0.05, 0) is 6.42 Å². The van der Waals surface area contributed by atoms with Crippen LogP contribution in [-0.2, 0) is 0 Å². The number of hydrogen-bond acceptors (Lipinski definition) is 1. The Morgan fingerprint density at radius 1 is 1.50 bits per heavy atom. The largest absolute Gasteiger partial charge is 0.396 e. The Morgan fingerprint density at radius 3 is 2.00 bits per heavy atom. The van der Waals surface area contributed by atoms with Gasteiger partial charge in [-0.1, -0.05) is 13.3 Å². The van der Waals surface area contributed by atoms with Crippen molar-refractivity contribution in [2.45, 2.75) is 19.8 Å². The third-order valence-corrected chi connectivity index (χ3v) is 0.512. The van der Waals surface area contributed by atoms with Gasteiger partial charge in [-0.25, -0.2) is 0 Å². The van der Waals surface area contributed by atoms with Crippen molar-refractivity contribution >= 4 is 0 Å². The van der Waals surface area contributed by atoms with Crippen LogP contribution >= 0.6 is 0 Å². The molecule has 0 aliphatic rings. The van der Waals surface area contributed by atoms with Gasteiger partial charge in [0.15, 0.2) is 0 Å². The van der Waals surface area contributed by atoms with Crippen LogP contribution in [0.5, 0.6) is 0 Å². The summed E-state index contributed by atoms with van der Waals surface area (Å²) in [4.78, 5) is 0. The zero-order chi connectivity index (χ0) is 4.12. The molecule has 0 bridgehead atoms. The summed E-state index contributed by atoms with van der Waals surface area (Å²) in [7, 11) is 0. The van der Waals surface area contributed by atoms with Crippen LogP contribution in [0.4, 0.5) is 0 Å². The molecule has 0 amide bonds. The molecule has 0 spiro atoms. The third kappa shape index (κ3) is 9.00. The molecule has 0 saturated carbocycles. The first-order valence-corrected chi connectivity index (χ1v) is 2.02. The average molecular weight is 224 g/mol. The summed E-state index contributed by atoms with van der Waals surface area (Å²) < 4.78 is 0. The van der Waals surface area contributed by atoms with E-state index in [1.165, 1.54) is 0 Å². The maximum atomic E-state index is 8.07. The molecule has 0 aromatic carbocycles. The molecule has 6 heavy (non-hydrogen) atoms. The van der Waals surface area contributed by atoms with Crippen molar-refractivity contribution in [3.05, 3.63) is 0 Å². The molecule has 0 unspecified atom stereocenters. The van der Waals surface area contributed by atoms with Crippen LogP contribution in [-0.4, -0.2) is 11.7 Å². The van der Waals surface area contributed by atoms with Crippen LogP contribution in [0.1, 0.15) is 19.8 Å². The predicted octanol–water partition coefficient (Wildman–Crippen LogP) is 0.779. The molecule has 0 aliphatic carbocycles. The quantitative estimate of drug-likeness (QED) is 0.735. The van der Waals surface area contributed by atoms with E-state index in [1.807, 2.05) is 0 Å². The second kappa shape index (κ2) is 9.57. The van der Waals surface area contributed by atoms with Crippen molar-refractivity contribution in [3.63, 3.8) is 0 Å². The molecule has 38 valence electrons. The maximum absolute atomic E-state index is 8.07. The van der Waals surface area contributed by atoms with Crippen molar-refractivity contribution in [2.24, 2.45) is 0 Å². The first kappa shape index (κ1) is 10.3. The average Bonchev–Trinajstić information content (AvgIpc) is 1.41. The van der Waals surface area contributed by atoms with Crippen LogP contribution in [0.15, 0.2) is 0 Å². The van der Waals surface area contributed by atoms with Crippen molar-refractivity contribution in [3.8, 4) is 0 Å². The van der Waals surface area contributed by atoms with Crippen LogP contribution in [0.2, 0.25) is 0 Å². The summed E-state index contributed by atoms with van der Waals surface area (Å²) in [5, 5.41) is 8.07. The van der Waals surface area contributed by atoms with E-state index in [9.17, 15) is 0 Å². The number of hydrogen-bond donors (Lipinski definition) is 1. The summed E-state index contributed by atoms with van der Waals surface area (Å²) in [6.45, 7) is 2.40. The van der Waals surface area contributed by atoms with Gasteiger partial charge in [-0.15, -0.1) is 0 Å². The van der Waals surface area contributed by atoms with E-state index in [-0.39, 0.29) is 40.4 Å². The monoisotopic (exact) mass is 226 g/mol. The van der Waals surface area contributed by atoms with Gasteiger partial charge in [-0.2, -0.15) is 0 Å². The molecule has 0 atom stereocenters. The number of unbranched alkanes of at least 4 members (excludes halogenated alkanes) is 1. The van der Waals surface area contributed by atoms with E-state index in [0.717, 1.165) is 12.8 Å². The second-order valence-corrected chi connectivity index (χ2v) is 1.08. The number of aliphatic hydroxyl groups excluding tert-OH is 1. The fourth-order valence-electron chi connectivity index (χ4n) is 0.158. The normalized spacial score (nSPS) is 7.00. The Bertz CT molecular complexity index is 15.0. The summed E-state index contributed by atoms with van der Waals surface area (Å²) in [5.74, 6) is 0. The third-order valence-electron chi connectivity index (χ3n) is 0.512. The molecule has 1 N–H and O–H groups in total. The fourth-order valence-corrected chi connectivity index (χ4v) is 0.158. The molecule has 0 saturated heterocycles. The van der Waals surface area contributed by atoms with Gasteiger partial charge in [0.25, 0.3) is 0 Å². The van der Waals surface area contributed by atoms with Gasteiger partial charge in [0.05, 0.1) is 0 Å². The van der Waals surface area contributed by atoms with Gasteiger partial charge in [0.2, 0.25) is 0 Å². The molecule has 0 rings (SSSR count). The van der Waals surface area contributed by atoms with E-state index in [1.54, 1.807) is 0 Å². The van der Waals surface area contributed by atoms with Crippen LogP contribution in [0.25, 0.3) is 0 Å². The first-order valence-electron chi connectivity index (χ1n) is 2.02. The van der Waals surface area contributed by atoms with Crippen molar-refractivity contribution in [1.29, 1.82) is 0 Å². The minimum atomic E-state index is 0.